The molecule has 1 aliphatic heterocycles. The molecule has 0 spiro atoms. The minimum absolute atomic E-state index is 0. The first-order valence-corrected chi connectivity index (χ1v) is 3.72. The van der Waals surface area contributed by atoms with E-state index in [9.17, 15) is 4.79 Å². The molecule has 0 saturated carbocycles. The van der Waals surface area contributed by atoms with Gasteiger partial charge in [0.15, 0.2) is 5.69 Å². The van der Waals surface area contributed by atoms with Gasteiger partial charge in [0, 0.05) is 18.2 Å². The van der Waals surface area contributed by atoms with Crippen molar-refractivity contribution in [2.24, 2.45) is 5.73 Å². The number of nitrogens with zero attached hydrogens (tertiary/aromatic N) is 2. The van der Waals surface area contributed by atoms with E-state index in [1.54, 1.807) is 10.7 Å². The summed E-state index contributed by atoms with van der Waals surface area (Å²) in [6, 6.07) is 1.67. The molecule has 13 heavy (non-hydrogen) atoms. The molecule has 1 atom stereocenters. The standard InChI is InChI=1S/C7H9N3O2.ClH/c8-4-1-5-2-6(7(11)12)9-10(5)3-4;/h2,4H,1,3,8H2,(H,11,12);1H. The highest BCUT2D eigenvalue weighted by atomic mass is 35.5. The van der Waals surface area contributed by atoms with Crippen molar-refractivity contribution in [3.05, 3.63) is 17.5 Å². The van der Waals surface area contributed by atoms with E-state index < -0.39 is 5.97 Å². The van der Waals surface area contributed by atoms with Crippen LogP contribution in [0.15, 0.2) is 6.07 Å². The zero-order chi connectivity index (χ0) is 8.72. The number of rotatable bonds is 1. The zero-order valence-corrected chi connectivity index (χ0v) is 7.62. The van der Waals surface area contributed by atoms with E-state index in [1.165, 1.54) is 0 Å². The largest absolute Gasteiger partial charge is 0.476 e. The minimum Gasteiger partial charge on any atom is -0.476 e. The molecule has 2 heterocycles. The first kappa shape index (κ1) is 10.0. The van der Waals surface area contributed by atoms with E-state index in [0.717, 1.165) is 12.1 Å². The van der Waals surface area contributed by atoms with Gasteiger partial charge in [-0.05, 0) is 6.07 Å². The van der Waals surface area contributed by atoms with Gasteiger partial charge in [-0.15, -0.1) is 12.4 Å². The lowest BCUT2D eigenvalue weighted by atomic mass is 10.2. The van der Waals surface area contributed by atoms with Crippen molar-refractivity contribution in [2.75, 3.05) is 0 Å². The summed E-state index contributed by atoms with van der Waals surface area (Å²) < 4.78 is 1.66. The van der Waals surface area contributed by atoms with Crippen LogP contribution < -0.4 is 5.73 Å². The molecular formula is C7H10ClN3O2. The number of fused-ring (bicyclic) bond motifs is 1. The maximum Gasteiger partial charge on any atom is 0.356 e. The van der Waals surface area contributed by atoms with E-state index in [4.69, 9.17) is 10.8 Å². The van der Waals surface area contributed by atoms with Crippen LogP contribution in [0.5, 0.6) is 0 Å². The van der Waals surface area contributed by atoms with E-state index in [1.807, 2.05) is 0 Å². The van der Waals surface area contributed by atoms with Gasteiger partial charge in [-0.2, -0.15) is 5.10 Å². The van der Waals surface area contributed by atoms with Crippen molar-refractivity contribution in [1.29, 1.82) is 0 Å². The third-order valence-corrected chi connectivity index (χ3v) is 1.96. The number of carboxylic acids is 1. The minimum atomic E-state index is -0.981. The number of hydrogen-bond donors (Lipinski definition) is 2. The second-order valence-electron chi connectivity index (χ2n) is 2.97. The first-order valence-electron chi connectivity index (χ1n) is 3.72. The van der Waals surface area contributed by atoms with Crippen molar-refractivity contribution in [2.45, 2.75) is 19.0 Å². The Kier molecular flexibility index (Phi) is 2.58. The molecule has 0 amide bonds. The summed E-state index contributed by atoms with van der Waals surface area (Å²) in [4.78, 5) is 10.5. The van der Waals surface area contributed by atoms with Crippen LogP contribution in [-0.2, 0) is 13.0 Å². The van der Waals surface area contributed by atoms with Gasteiger partial charge in [-0.25, -0.2) is 4.79 Å². The molecule has 1 aliphatic rings. The molecule has 0 bridgehead atoms. The molecule has 5 nitrogen and oxygen atoms in total. The second kappa shape index (κ2) is 3.35. The summed E-state index contributed by atoms with van der Waals surface area (Å²) in [5, 5.41) is 12.5. The smallest absolute Gasteiger partial charge is 0.356 e. The van der Waals surface area contributed by atoms with Crippen LogP contribution >= 0.6 is 12.4 Å². The highest BCUT2D eigenvalue weighted by Gasteiger charge is 2.21. The van der Waals surface area contributed by atoms with Crippen molar-refractivity contribution >= 4 is 18.4 Å². The molecule has 72 valence electrons. The van der Waals surface area contributed by atoms with Gasteiger partial charge in [0.2, 0.25) is 0 Å². The number of carbonyl (C=O) groups is 1. The monoisotopic (exact) mass is 203 g/mol. The summed E-state index contributed by atoms with van der Waals surface area (Å²) in [5.41, 5.74) is 6.67. The Balaban J connectivity index is 0.000000845. The van der Waals surface area contributed by atoms with E-state index in [-0.39, 0.29) is 24.1 Å². The lowest BCUT2D eigenvalue weighted by Crippen LogP contribution is -2.21. The van der Waals surface area contributed by atoms with Crippen LogP contribution in [0.2, 0.25) is 0 Å². The Morgan fingerprint density at radius 3 is 3.00 bits per heavy atom. The van der Waals surface area contributed by atoms with Crippen LogP contribution in [0.3, 0.4) is 0 Å². The zero-order valence-electron chi connectivity index (χ0n) is 6.80. The second-order valence-corrected chi connectivity index (χ2v) is 2.97. The van der Waals surface area contributed by atoms with Crippen LogP contribution in [0.4, 0.5) is 0 Å². The number of carboxylic acid groups (broad SMARTS) is 1. The molecule has 0 aliphatic carbocycles. The number of halogens is 1. The van der Waals surface area contributed by atoms with Crippen LogP contribution in [0.25, 0.3) is 0 Å². The Bertz CT molecular complexity index is 313. The van der Waals surface area contributed by atoms with Gasteiger partial charge >= 0.3 is 5.97 Å². The molecule has 6 heteroatoms. The van der Waals surface area contributed by atoms with Crippen LogP contribution in [0, 0.1) is 0 Å². The lowest BCUT2D eigenvalue weighted by Gasteiger charge is -1.97. The summed E-state index contributed by atoms with van der Waals surface area (Å²) in [6.07, 6.45) is 0.722. The maximum absolute atomic E-state index is 10.5. The Labute approximate surface area is 80.9 Å². The fourth-order valence-corrected chi connectivity index (χ4v) is 1.44. The van der Waals surface area contributed by atoms with Crippen molar-refractivity contribution in [3.63, 3.8) is 0 Å². The number of nitrogens with two attached hydrogens (primary N) is 1. The number of aromatic nitrogens is 2. The fourth-order valence-electron chi connectivity index (χ4n) is 1.44. The number of hydrogen-bond acceptors (Lipinski definition) is 3. The van der Waals surface area contributed by atoms with Crippen molar-refractivity contribution in [3.8, 4) is 0 Å². The van der Waals surface area contributed by atoms with Crippen LogP contribution in [0.1, 0.15) is 16.2 Å². The predicted molar refractivity (Wildman–Crippen MR) is 48.1 cm³/mol. The molecule has 2 rings (SSSR count). The highest BCUT2D eigenvalue weighted by Crippen LogP contribution is 2.14. The van der Waals surface area contributed by atoms with Crippen molar-refractivity contribution in [1.82, 2.24) is 9.78 Å². The molecular weight excluding hydrogens is 194 g/mol. The molecule has 0 radical (unpaired) electrons. The summed E-state index contributed by atoms with van der Waals surface area (Å²) in [6.45, 7) is 0.628. The lowest BCUT2D eigenvalue weighted by molar-refractivity contribution is 0.0689. The van der Waals surface area contributed by atoms with Gasteiger partial charge in [-0.3, -0.25) is 4.68 Å². The average molecular weight is 204 g/mol. The first-order chi connectivity index (χ1) is 5.66. The Morgan fingerprint density at radius 1 is 1.77 bits per heavy atom. The van der Waals surface area contributed by atoms with Gasteiger partial charge < -0.3 is 10.8 Å². The van der Waals surface area contributed by atoms with Crippen LogP contribution in [-0.4, -0.2) is 26.9 Å². The average Bonchev–Trinajstić information content (AvgIpc) is 2.42. The Hall–Kier alpha value is -1.07. The third kappa shape index (κ3) is 1.66. The molecule has 3 N–H and O–H groups in total. The molecule has 0 aromatic carbocycles. The van der Waals surface area contributed by atoms with E-state index in [2.05, 4.69) is 5.10 Å². The number of aromatic carboxylic acids is 1. The van der Waals surface area contributed by atoms with Crippen molar-refractivity contribution < 1.29 is 9.90 Å². The predicted octanol–water partition coefficient (Wildman–Crippen LogP) is -0.114. The quantitative estimate of drug-likeness (QED) is 0.667. The molecule has 1 unspecified atom stereocenters. The van der Waals surface area contributed by atoms with E-state index >= 15 is 0 Å². The van der Waals surface area contributed by atoms with Gasteiger partial charge in [0.1, 0.15) is 0 Å². The van der Waals surface area contributed by atoms with Gasteiger partial charge in [0.05, 0.1) is 6.54 Å². The summed E-state index contributed by atoms with van der Waals surface area (Å²) in [7, 11) is 0. The van der Waals surface area contributed by atoms with Gasteiger partial charge in [-0.1, -0.05) is 0 Å². The Morgan fingerprint density at radius 2 is 2.46 bits per heavy atom. The SMILES string of the molecule is Cl.NC1Cc2cc(C(=O)O)nn2C1. The molecule has 1 aromatic rings. The molecule has 1 aromatic heterocycles. The third-order valence-electron chi connectivity index (χ3n) is 1.96. The highest BCUT2D eigenvalue weighted by molar-refractivity contribution is 5.85. The summed E-state index contributed by atoms with van der Waals surface area (Å²) in [5.74, 6) is -0.981. The topological polar surface area (TPSA) is 81.1 Å². The summed E-state index contributed by atoms with van der Waals surface area (Å²) >= 11 is 0. The fraction of sp³-hybridized carbons (Fsp3) is 0.429. The van der Waals surface area contributed by atoms with Gasteiger partial charge in [0.25, 0.3) is 0 Å². The normalized spacial score (nSPS) is 19.3. The molecule has 0 fully saturated rings. The maximum atomic E-state index is 10.5. The molecule has 0 saturated heterocycles. The van der Waals surface area contributed by atoms with E-state index in [0.29, 0.717) is 6.54 Å².